The molecule has 0 unspecified atom stereocenters. The van der Waals surface area contributed by atoms with Crippen LogP contribution in [0.15, 0.2) is 29.2 Å². The van der Waals surface area contributed by atoms with Gasteiger partial charge in [-0.3, -0.25) is 4.79 Å². The summed E-state index contributed by atoms with van der Waals surface area (Å²) in [5.74, 6) is 0.876. The van der Waals surface area contributed by atoms with Gasteiger partial charge in [-0.2, -0.15) is 16.1 Å². The molecule has 1 amide bonds. The summed E-state index contributed by atoms with van der Waals surface area (Å²) in [6.07, 6.45) is 2.46. The summed E-state index contributed by atoms with van der Waals surface area (Å²) in [6.45, 7) is 1.46. The molecule has 0 aliphatic carbocycles. The van der Waals surface area contributed by atoms with Crippen molar-refractivity contribution in [3.8, 4) is 0 Å². The van der Waals surface area contributed by atoms with Crippen LogP contribution in [0.5, 0.6) is 0 Å². The Labute approximate surface area is 140 Å². The highest BCUT2D eigenvalue weighted by molar-refractivity contribution is 7.98. The number of piperazine rings is 1. The number of amides is 1. The van der Waals surface area contributed by atoms with E-state index in [9.17, 15) is 13.2 Å². The number of thioether (sulfide) groups is 1. The van der Waals surface area contributed by atoms with Crippen LogP contribution < -0.4 is 0 Å². The maximum absolute atomic E-state index is 12.6. The molecule has 0 atom stereocenters. The number of nitrogens with zero attached hydrogens (tertiary/aromatic N) is 2. The molecule has 0 spiro atoms. The summed E-state index contributed by atoms with van der Waals surface area (Å²) in [5.41, 5.74) is 0. The zero-order chi connectivity index (χ0) is 16.2. The standard InChI is InChI=1S/C14H19ClN2O3S2/c1-21-11-6-14(18)16-7-9-17(10-8-16)22(19,20)13-5-3-2-4-12(13)15/h2-5H,6-11H2,1H3. The van der Waals surface area contributed by atoms with Crippen LogP contribution in [0, 0.1) is 0 Å². The Hall–Kier alpha value is -0.760. The van der Waals surface area contributed by atoms with Crippen molar-refractivity contribution in [3.63, 3.8) is 0 Å². The van der Waals surface area contributed by atoms with Gasteiger partial charge in [0.2, 0.25) is 15.9 Å². The van der Waals surface area contributed by atoms with E-state index >= 15 is 0 Å². The van der Waals surface area contributed by atoms with E-state index in [1.807, 2.05) is 6.26 Å². The first kappa shape index (κ1) is 17.6. The zero-order valence-corrected chi connectivity index (χ0v) is 14.8. The molecule has 1 aromatic rings. The van der Waals surface area contributed by atoms with E-state index in [4.69, 9.17) is 11.6 Å². The second-order valence-corrected chi connectivity index (χ2v) is 8.26. The Kier molecular flexibility index (Phi) is 6.14. The maximum Gasteiger partial charge on any atom is 0.244 e. The Bertz CT molecular complexity index is 629. The van der Waals surface area contributed by atoms with Crippen molar-refractivity contribution >= 4 is 39.3 Å². The third-order valence-electron chi connectivity index (χ3n) is 3.57. The summed E-state index contributed by atoms with van der Waals surface area (Å²) in [7, 11) is -3.60. The van der Waals surface area contributed by atoms with Crippen molar-refractivity contribution in [1.29, 1.82) is 0 Å². The van der Waals surface area contributed by atoms with E-state index in [0.717, 1.165) is 5.75 Å². The molecule has 0 radical (unpaired) electrons. The molecule has 22 heavy (non-hydrogen) atoms. The van der Waals surface area contributed by atoms with Crippen molar-refractivity contribution in [2.24, 2.45) is 0 Å². The molecule has 122 valence electrons. The van der Waals surface area contributed by atoms with Crippen LogP contribution >= 0.6 is 23.4 Å². The first-order valence-corrected chi connectivity index (χ1v) is 10.2. The van der Waals surface area contributed by atoms with E-state index in [0.29, 0.717) is 32.6 Å². The third kappa shape index (κ3) is 3.95. The topological polar surface area (TPSA) is 57.7 Å². The van der Waals surface area contributed by atoms with Gasteiger partial charge < -0.3 is 4.90 Å². The normalized spacial score (nSPS) is 16.7. The average Bonchev–Trinajstić information content (AvgIpc) is 2.53. The summed E-state index contributed by atoms with van der Waals surface area (Å²) in [5, 5.41) is 0.223. The lowest BCUT2D eigenvalue weighted by atomic mass is 10.3. The van der Waals surface area contributed by atoms with E-state index in [1.54, 1.807) is 34.9 Å². The van der Waals surface area contributed by atoms with Gasteiger partial charge in [-0.25, -0.2) is 8.42 Å². The molecule has 1 aromatic carbocycles. The quantitative estimate of drug-likeness (QED) is 0.803. The van der Waals surface area contributed by atoms with Gasteiger partial charge in [-0.05, 0) is 18.4 Å². The van der Waals surface area contributed by atoms with Gasteiger partial charge in [0.1, 0.15) is 4.90 Å². The molecule has 1 saturated heterocycles. The van der Waals surface area contributed by atoms with Crippen molar-refractivity contribution < 1.29 is 13.2 Å². The van der Waals surface area contributed by atoms with E-state index < -0.39 is 10.0 Å². The minimum absolute atomic E-state index is 0.0872. The molecule has 1 aliphatic heterocycles. The fourth-order valence-electron chi connectivity index (χ4n) is 2.32. The Morgan fingerprint density at radius 3 is 2.45 bits per heavy atom. The number of rotatable bonds is 5. The summed E-state index contributed by atoms with van der Waals surface area (Å²) in [6, 6.07) is 6.43. The molecular weight excluding hydrogens is 344 g/mol. The number of hydrogen-bond acceptors (Lipinski definition) is 4. The highest BCUT2D eigenvalue weighted by atomic mass is 35.5. The highest BCUT2D eigenvalue weighted by Gasteiger charge is 2.31. The number of sulfonamides is 1. The average molecular weight is 363 g/mol. The number of carbonyl (C=O) groups excluding carboxylic acids is 1. The van der Waals surface area contributed by atoms with Crippen LogP contribution in [0.25, 0.3) is 0 Å². The van der Waals surface area contributed by atoms with Gasteiger partial charge in [0.25, 0.3) is 0 Å². The zero-order valence-electron chi connectivity index (χ0n) is 12.4. The molecule has 0 saturated carbocycles. The van der Waals surface area contributed by atoms with Gasteiger partial charge in [0.15, 0.2) is 0 Å². The first-order valence-electron chi connectivity index (χ1n) is 6.98. The lowest BCUT2D eigenvalue weighted by molar-refractivity contribution is -0.131. The van der Waals surface area contributed by atoms with Crippen molar-refractivity contribution in [2.75, 3.05) is 38.2 Å². The molecule has 0 bridgehead atoms. The lowest BCUT2D eigenvalue weighted by Crippen LogP contribution is -2.50. The molecule has 0 N–H and O–H groups in total. The predicted octanol–water partition coefficient (Wildman–Crippen LogP) is 1.93. The van der Waals surface area contributed by atoms with Gasteiger partial charge in [0, 0.05) is 38.4 Å². The smallest absolute Gasteiger partial charge is 0.244 e. The van der Waals surface area contributed by atoms with E-state index in [2.05, 4.69) is 0 Å². The monoisotopic (exact) mass is 362 g/mol. The first-order chi connectivity index (χ1) is 10.5. The van der Waals surface area contributed by atoms with Crippen LogP contribution in [0.3, 0.4) is 0 Å². The van der Waals surface area contributed by atoms with Gasteiger partial charge in [-0.15, -0.1) is 0 Å². The molecule has 2 rings (SSSR count). The number of halogens is 1. The van der Waals surface area contributed by atoms with Gasteiger partial charge in [-0.1, -0.05) is 23.7 Å². The van der Waals surface area contributed by atoms with Gasteiger partial charge >= 0.3 is 0 Å². The summed E-state index contributed by atoms with van der Waals surface area (Å²) < 4.78 is 26.6. The minimum atomic E-state index is -3.60. The Balaban J connectivity index is 2.02. The number of carbonyl (C=O) groups is 1. The van der Waals surface area contributed by atoms with Crippen LogP contribution in [0.2, 0.25) is 5.02 Å². The minimum Gasteiger partial charge on any atom is -0.340 e. The van der Waals surface area contributed by atoms with Crippen LogP contribution in [0.4, 0.5) is 0 Å². The maximum atomic E-state index is 12.6. The predicted molar refractivity (Wildman–Crippen MR) is 89.8 cm³/mol. The molecule has 8 heteroatoms. The van der Waals surface area contributed by atoms with Crippen molar-refractivity contribution in [2.45, 2.75) is 11.3 Å². The molecular formula is C14H19ClN2O3S2. The summed E-state index contributed by atoms with van der Waals surface area (Å²) >= 11 is 7.62. The summed E-state index contributed by atoms with van der Waals surface area (Å²) in [4.78, 5) is 13.8. The second kappa shape index (κ2) is 7.68. The van der Waals surface area contributed by atoms with Crippen LogP contribution in [-0.4, -0.2) is 61.7 Å². The molecule has 1 aliphatic rings. The van der Waals surface area contributed by atoms with Crippen LogP contribution in [0.1, 0.15) is 6.42 Å². The number of benzene rings is 1. The molecule has 5 nitrogen and oxygen atoms in total. The van der Waals surface area contributed by atoms with Crippen LogP contribution in [-0.2, 0) is 14.8 Å². The lowest BCUT2D eigenvalue weighted by Gasteiger charge is -2.34. The second-order valence-electron chi connectivity index (χ2n) is 4.96. The fourth-order valence-corrected chi connectivity index (χ4v) is 4.61. The van der Waals surface area contributed by atoms with Gasteiger partial charge in [0.05, 0.1) is 5.02 Å². The largest absolute Gasteiger partial charge is 0.340 e. The Morgan fingerprint density at radius 1 is 1.23 bits per heavy atom. The SMILES string of the molecule is CSCCC(=O)N1CCN(S(=O)(=O)c2ccccc2Cl)CC1. The van der Waals surface area contributed by atoms with Crippen molar-refractivity contribution in [1.82, 2.24) is 9.21 Å². The fraction of sp³-hybridized carbons (Fsp3) is 0.500. The highest BCUT2D eigenvalue weighted by Crippen LogP contribution is 2.25. The number of hydrogen-bond donors (Lipinski definition) is 0. The van der Waals surface area contributed by atoms with E-state index in [-0.39, 0.29) is 15.8 Å². The molecule has 1 heterocycles. The molecule has 1 fully saturated rings. The third-order valence-corrected chi connectivity index (χ3v) is 6.58. The van der Waals surface area contributed by atoms with E-state index in [1.165, 1.54) is 10.4 Å². The Morgan fingerprint density at radius 2 is 1.86 bits per heavy atom. The van der Waals surface area contributed by atoms with Crippen molar-refractivity contribution in [3.05, 3.63) is 29.3 Å². The molecule has 0 aromatic heterocycles.